The molecule has 0 bridgehead atoms. The van der Waals surface area contributed by atoms with E-state index in [0.29, 0.717) is 11.3 Å². The molecule has 0 fully saturated rings. The molecule has 2 N–H and O–H groups in total. The quantitative estimate of drug-likeness (QED) is 0.882. The van der Waals surface area contributed by atoms with Crippen molar-refractivity contribution in [2.75, 3.05) is 13.7 Å². The smallest absolute Gasteiger partial charge is 0.255 e. The van der Waals surface area contributed by atoms with Gasteiger partial charge in [-0.2, -0.15) is 0 Å². The van der Waals surface area contributed by atoms with E-state index in [1.807, 2.05) is 30.3 Å². The summed E-state index contributed by atoms with van der Waals surface area (Å²) in [5, 5.41) is 13.8. The summed E-state index contributed by atoms with van der Waals surface area (Å²) >= 11 is 0. The first-order valence-corrected chi connectivity index (χ1v) is 6.15. The third-order valence-corrected chi connectivity index (χ3v) is 2.90. The van der Waals surface area contributed by atoms with Crippen LogP contribution in [0.25, 0.3) is 10.8 Å². The zero-order chi connectivity index (χ0) is 13.8. The molecule has 0 aliphatic rings. The predicted molar refractivity (Wildman–Crippen MR) is 74.5 cm³/mol. The lowest BCUT2D eigenvalue weighted by Crippen LogP contribution is -2.30. The maximum Gasteiger partial charge on any atom is 0.255 e. The third-order valence-electron chi connectivity index (χ3n) is 2.90. The van der Waals surface area contributed by atoms with Gasteiger partial charge in [0.25, 0.3) is 5.91 Å². The summed E-state index contributed by atoms with van der Waals surface area (Å²) < 4.78 is 5.26. The van der Waals surface area contributed by atoms with Crippen LogP contribution < -0.4 is 10.1 Å². The average Bonchev–Trinajstić information content (AvgIpc) is 2.43. The topological polar surface area (TPSA) is 58.6 Å². The van der Waals surface area contributed by atoms with Gasteiger partial charge >= 0.3 is 0 Å². The van der Waals surface area contributed by atoms with Gasteiger partial charge in [0.05, 0.1) is 18.8 Å². The van der Waals surface area contributed by atoms with E-state index in [9.17, 15) is 9.90 Å². The number of carbonyl (C=O) groups is 1. The number of aliphatic hydroxyl groups excluding tert-OH is 1. The van der Waals surface area contributed by atoms with Crippen molar-refractivity contribution in [1.29, 1.82) is 0 Å². The van der Waals surface area contributed by atoms with Gasteiger partial charge in [0.1, 0.15) is 5.75 Å². The lowest BCUT2D eigenvalue weighted by atomic mass is 10.0. The Morgan fingerprint density at radius 2 is 2.05 bits per heavy atom. The highest BCUT2D eigenvalue weighted by atomic mass is 16.5. The molecule has 2 rings (SSSR count). The van der Waals surface area contributed by atoms with E-state index < -0.39 is 6.10 Å². The van der Waals surface area contributed by atoms with Gasteiger partial charge in [0, 0.05) is 6.54 Å². The Morgan fingerprint density at radius 1 is 1.32 bits per heavy atom. The molecule has 0 radical (unpaired) electrons. The van der Waals surface area contributed by atoms with Crippen LogP contribution in [0.3, 0.4) is 0 Å². The molecule has 0 saturated heterocycles. The van der Waals surface area contributed by atoms with Crippen molar-refractivity contribution in [3.8, 4) is 5.75 Å². The Balaban J connectivity index is 2.46. The number of carbonyl (C=O) groups excluding carboxylic acids is 1. The van der Waals surface area contributed by atoms with Gasteiger partial charge in [-0.3, -0.25) is 4.79 Å². The number of fused-ring (bicyclic) bond motifs is 1. The molecule has 4 heteroatoms. The second-order valence-corrected chi connectivity index (χ2v) is 4.42. The molecule has 1 amide bonds. The summed E-state index contributed by atoms with van der Waals surface area (Å²) in [4.78, 5) is 12.2. The van der Waals surface area contributed by atoms with Gasteiger partial charge in [0.15, 0.2) is 0 Å². The van der Waals surface area contributed by atoms with Crippen LogP contribution in [0.1, 0.15) is 17.3 Å². The number of hydrogen-bond donors (Lipinski definition) is 2. The molecule has 100 valence electrons. The van der Waals surface area contributed by atoms with E-state index in [1.54, 1.807) is 13.0 Å². The van der Waals surface area contributed by atoms with Gasteiger partial charge in [0.2, 0.25) is 0 Å². The van der Waals surface area contributed by atoms with Crippen LogP contribution in [-0.4, -0.2) is 30.8 Å². The number of hydrogen-bond acceptors (Lipinski definition) is 3. The lowest BCUT2D eigenvalue weighted by molar-refractivity contribution is 0.0923. The second kappa shape index (κ2) is 5.71. The summed E-state index contributed by atoms with van der Waals surface area (Å²) in [5.41, 5.74) is 0.501. The Kier molecular flexibility index (Phi) is 4.02. The minimum atomic E-state index is -0.579. The normalized spacial score (nSPS) is 12.2. The number of ether oxygens (including phenoxy) is 1. The molecule has 0 aliphatic carbocycles. The molecule has 0 spiro atoms. The van der Waals surface area contributed by atoms with Crippen LogP contribution in [0.15, 0.2) is 36.4 Å². The zero-order valence-electron chi connectivity index (χ0n) is 11.0. The molecular formula is C15H17NO3. The largest absolute Gasteiger partial charge is 0.496 e. The molecule has 0 saturated carbocycles. The summed E-state index contributed by atoms with van der Waals surface area (Å²) in [7, 11) is 1.54. The SMILES string of the molecule is COc1ccc2ccccc2c1C(=O)NCC(C)O. The minimum Gasteiger partial charge on any atom is -0.496 e. The average molecular weight is 259 g/mol. The molecule has 0 aliphatic heterocycles. The maximum atomic E-state index is 12.2. The van der Waals surface area contributed by atoms with Crippen LogP contribution in [0.2, 0.25) is 0 Å². The van der Waals surface area contributed by atoms with E-state index in [4.69, 9.17) is 4.74 Å². The van der Waals surface area contributed by atoms with E-state index >= 15 is 0 Å². The van der Waals surface area contributed by atoms with Crippen molar-refractivity contribution in [1.82, 2.24) is 5.32 Å². The highest BCUT2D eigenvalue weighted by Crippen LogP contribution is 2.27. The number of benzene rings is 2. The molecule has 4 nitrogen and oxygen atoms in total. The number of methoxy groups -OCH3 is 1. The summed E-state index contributed by atoms with van der Waals surface area (Å²) in [6.45, 7) is 1.84. The molecule has 0 aromatic heterocycles. The third kappa shape index (κ3) is 2.85. The maximum absolute atomic E-state index is 12.2. The van der Waals surface area contributed by atoms with E-state index in [0.717, 1.165) is 10.8 Å². The number of aliphatic hydroxyl groups is 1. The molecule has 0 heterocycles. The molecule has 19 heavy (non-hydrogen) atoms. The van der Waals surface area contributed by atoms with E-state index in [1.165, 1.54) is 7.11 Å². The second-order valence-electron chi connectivity index (χ2n) is 4.42. The van der Waals surface area contributed by atoms with Crippen molar-refractivity contribution in [3.05, 3.63) is 42.0 Å². The van der Waals surface area contributed by atoms with Crippen molar-refractivity contribution in [2.24, 2.45) is 0 Å². The van der Waals surface area contributed by atoms with E-state index in [-0.39, 0.29) is 12.5 Å². The van der Waals surface area contributed by atoms with Crippen LogP contribution >= 0.6 is 0 Å². The molecule has 2 aromatic carbocycles. The first-order valence-electron chi connectivity index (χ1n) is 6.15. The Hall–Kier alpha value is -2.07. The Morgan fingerprint density at radius 3 is 2.74 bits per heavy atom. The van der Waals surface area contributed by atoms with Crippen LogP contribution in [-0.2, 0) is 0 Å². The fraction of sp³-hybridized carbons (Fsp3) is 0.267. The molecule has 1 atom stereocenters. The number of amides is 1. The van der Waals surface area contributed by atoms with E-state index in [2.05, 4.69) is 5.32 Å². The van der Waals surface area contributed by atoms with Crippen LogP contribution in [0, 0.1) is 0 Å². The Labute approximate surface area is 112 Å². The van der Waals surface area contributed by atoms with Crippen molar-refractivity contribution in [2.45, 2.75) is 13.0 Å². The van der Waals surface area contributed by atoms with Crippen LogP contribution in [0.5, 0.6) is 5.75 Å². The first-order chi connectivity index (χ1) is 9.13. The van der Waals surface area contributed by atoms with Crippen molar-refractivity contribution >= 4 is 16.7 Å². The van der Waals surface area contributed by atoms with Gasteiger partial charge < -0.3 is 15.2 Å². The van der Waals surface area contributed by atoms with Crippen LogP contribution in [0.4, 0.5) is 0 Å². The zero-order valence-corrected chi connectivity index (χ0v) is 11.0. The fourth-order valence-electron chi connectivity index (χ4n) is 1.98. The summed E-state index contributed by atoms with van der Waals surface area (Å²) in [6.07, 6.45) is -0.579. The van der Waals surface area contributed by atoms with Gasteiger partial charge in [-0.1, -0.05) is 30.3 Å². The molecule has 1 unspecified atom stereocenters. The fourth-order valence-corrected chi connectivity index (χ4v) is 1.98. The van der Waals surface area contributed by atoms with Crippen molar-refractivity contribution < 1.29 is 14.6 Å². The predicted octanol–water partition coefficient (Wildman–Crippen LogP) is 1.96. The highest BCUT2D eigenvalue weighted by molar-refractivity contribution is 6.09. The summed E-state index contributed by atoms with van der Waals surface area (Å²) in [6, 6.07) is 11.3. The number of nitrogens with one attached hydrogen (secondary N) is 1. The van der Waals surface area contributed by atoms with Crippen molar-refractivity contribution in [3.63, 3.8) is 0 Å². The van der Waals surface area contributed by atoms with Gasteiger partial charge in [-0.05, 0) is 23.8 Å². The molecule has 2 aromatic rings. The summed E-state index contributed by atoms with van der Waals surface area (Å²) in [5.74, 6) is 0.288. The lowest BCUT2D eigenvalue weighted by Gasteiger charge is -2.13. The first kappa shape index (κ1) is 13.4. The van der Waals surface area contributed by atoms with Gasteiger partial charge in [-0.15, -0.1) is 0 Å². The molecular weight excluding hydrogens is 242 g/mol. The monoisotopic (exact) mass is 259 g/mol. The Bertz CT molecular complexity index is 593. The van der Waals surface area contributed by atoms with Gasteiger partial charge in [-0.25, -0.2) is 0 Å². The number of rotatable bonds is 4. The highest BCUT2D eigenvalue weighted by Gasteiger charge is 2.16. The minimum absolute atomic E-state index is 0.214. The standard InChI is InChI=1S/C15H17NO3/c1-10(17)9-16-15(18)14-12-6-4-3-5-11(12)7-8-13(14)19-2/h3-8,10,17H,9H2,1-2H3,(H,16,18).